The summed E-state index contributed by atoms with van der Waals surface area (Å²) in [4.78, 5) is 35.9. The molecule has 0 bridgehead atoms. The molecule has 0 aromatic heterocycles. The van der Waals surface area contributed by atoms with Crippen LogP contribution in [-0.4, -0.2) is 36.6 Å². The molecule has 1 N–H and O–H groups in total. The zero-order chi connectivity index (χ0) is 18.3. The number of esters is 2. The van der Waals surface area contributed by atoms with E-state index in [1.807, 2.05) is 0 Å². The second-order valence-corrected chi connectivity index (χ2v) is 6.56. The summed E-state index contributed by atoms with van der Waals surface area (Å²) in [5.74, 6) is -1.61. The summed E-state index contributed by atoms with van der Waals surface area (Å²) in [5.41, 5.74) is -0.371. The Morgan fingerprint density at radius 1 is 1.21 bits per heavy atom. The second kappa shape index (κ2) is 8.68. The van der Waals surface area contributed by atoms with Crippen LogP contribution in [-0.2, 0) is 19.1 Å². The topological polar surface area (TPSA) is 81.7 Å². The van der Waals surface area contributed by atoms with Crippen LogP contribution in [0.2, 0.25) is 5.02 Å². The highest BCUT2D eigenvalue weighted by molar-refractivity contribution is 6.33. The lowest BCUT2D eigenvalue weighted by molar-refractivity contribution is -0.155. The molecule has 1 aromatic rings. The van der Waals surface area contributed by atoms with Gasteiger partial charge in [0.1, 0.15) is 11.6 Å². The Kier molecular flexibility index (Phi) is 7.22. The first kappa shape index (κ1) is 20.0. The van der Waals surface area contributed by atoms with Crippen molar-refractivity contribution in [2.45, 2.75) is 45.3 Å². The minimum atomic E-state index is -0.966. The van der Waals surface area contributed by atoms with Crippen molar-refractivity contribution in [2.75, 3.05) is 7.11 Å². The second-order valence-electron chi connectivity index (χ2n) is 6.15. The maximum Gasteiger partial charge on any atom is 0.328 e. The van der Waals surface area contributed by atoms with Crippen LogP contribution in [0.4, 0.5) is 0 Å². The van der Waals surface area contributed by atoms with E-state index in [0.717, 1.165) is 0 Å². The first-order valence-corrected chi connectivity index (χ1v) is 7.87. The van der Waals surface area contributed by atoms with Gasteiger partial charge >= 0.3 is 11.9 Å². The van der Waals surface area contributed by atoms with E-state index >= 15 is 0 Å². The summed E-state index contributed by atoms with van der Waals surface area (Å²) in [6.45, 7) is 5.26. The quantitative estimate of drug-likeness (QED) is 0.793. The van der Waals surface area contributed by atoms with Gasteiger partial charge in [-0.1, -0.05) is 23.7 Å². The highest BCUT2D eigenvalue weighted by atomic mass is 35.5. The molecule has 0 radical (unpaired) electrons. The van der Waals surface area contributed by atoms with Gasteiger partial charge in [-0.25, -0.2) is 4.79 Å². The minimum absolute atomic E-state index is 0.0279. The monoisotopic (exact) mass is 355 g/mol. The van der Waals surface area contributed by atoms with Crippen molar-refractivity contribution < 1.29 is 23.9 Å². The van der Waals surface area contributed by atoms with Crippen LogP contribution in [0.5, 0.6) is 0 Å². The number of amides is 1. The van der Waals surface area contributed by atoms with Crippen LogP contribution in [0.1, 0.15) is 44.0 Å². The molecule has 0 unspecified atom stereocenters. The zero-order valence-corrected chi connectivity index (χ0v) is 15.0. The van der Waals surface area contributed by atoms with Gasteiger partial charge in [-0.3, -0.25) is 9.59 Å². The Hall–Kier alpha value is -2.08. The van der Waals surface area contributed by atoms with Crippen molar-refractivity contribution in [1.82, 2.24) is 5.32 Å². The SMILES string of the molecule is COC(=O)[C@H](CCC(=O)OC(C)(C)C)NC(=O)c1ccccc1Cl. The van der Waals surface area contributed by atoms with E-state index in [2.05, 4.69) is 10.1 Å². The number of nitrogens with one attached hydrogen (secondary N) is 1. The fourth-order valence-corrected chi connectivity index (χ4v) is 2.15. The molecule has 0 saturated carbocycles. The lowest BCUT2D eigenvalue weighted by Crippen LogP contribution is -2.42. The van der Waals surface area contributed by atoms with Crippen molar-refractivity contribution in [3.63, 3.8) is 0 Å². The highest BCUT2D eigenvalue weighted by Crippen LogP contribution is 2.16. The van der Waals surface area contributed by atoms with Gasteiger partial charge in [-0.05, 0) is 39.3 Å². The fourth-order valence-electron chi connectivity index (χ4n) is 1.93. The van der Waals surface area contributed by atoms with Crippen molar-refractivity contribution in [3.8, 4) is 0 Å². The Balaban J connectivity index is 2.73. The molecule has 6 nitrogen and oxygen atoms in total. The molecule has 1 atom stereocenters. The first-order chi connectivity index (χ1) is 11.1. The number of halogens is 1. The van der Waals surface area contributed by atoms with Crippen LogP contribution < -0.4 is 5.32 Å². The maximum absolute atomic E-state index is 12.3. The van der Waals surface area contributed by atoms with Crippen molar-refractivity contribution in [1.29, 1.82) is 0 Å². The smallest absolute Gasteiger partial charge is 0.328 e. The van der Waals surface area contributed by atoms with Gasteiger partial charge in [0.15, 0.2) is 0 Å². The zero-order valence-electron chi connectivity index (χ0n) is 14.2. The number of carbonyl (C=O) groups excluding carboxylic acids is 3. The van der Waals surface area contributed by atoms with E-state index in [1.165, 1.54) is 7.11 Å². The van der Waals surface area contributed by atoms with Crippen LogP contribution >= 0.6 is 11.6 Å². The third-order valence-corrected chi connectivity index (χ3v) is 3.30. The molecular formula is C17H22ClNO5. The van der Waals surface area contributed by atoms with Crippen LogP contribution in [0.3, 0.4) is 0 Å². The molecular weight excluding hydrogens is 334 g/mol. The molecule has 7 heteroatoms. The molecule has 1 rings (SSSR count). The number of rotatable bonds is 6. The Morgan fingerprint density at radius 3 is 2.38 bits per heavy atom. The Bertz CT molecular complexity index is 609. The summed E-state index contributed by atoms with van der Waals surface area (Å²) in [7, 11) is 1.21. The van der Waals surface area contributed by atoms with Crippen molar-refractivity contribution >= 4 is 29.4 Å². The van der Waals surface area contributed by atoms with Crippen LogP contribution in [0, 0.1) is 0 Å². The van der Waals surface area contributed by atoms with Gasteiger partial charge in [-0.2, -0.15) is 0 Å². The fraction of sp³-hybridized carbons (Fsp3) is 0.471. The Labute approximate surface area is 146 Å². The predicted molar refractivity (Wildman–Crippen MR) is 89.8 cm³/mol. The molecule has 24 heavy (non-hydrogen) atoms. The minimum Gasteiger partial charge on any atom is -0.467 e. The standard InChI is InChI=1S/C17H22ClNO5/c1-17(2,3)24-14(20)10-9-13(16(22)23-4)19-15(21)11-7-5-6-8-12(11)18/h5-8,13H,9-10H2,1-4H3,(H,19,21)/t13-/m0/s1. The average Bonchev–Trinajstić information content (AvgIpc) is 2.49. The maximum atomic E-state index is 12.3. The van der Waals surface area contributed by atoms with Crippen molar-refractivity contribution in [3.05, 3.63) is 34.9 Å². The van der Waals surface area contributed by atoms with Crippen LogP contribution in [0.15, 0.2) is 24.3 Å². The van der Waals surface area contributed by atoms with Gasteiger partial charge in [0.2, 0.25) is 0 Å². The molecule has 0 aliphatic rings. The molecule has 0 fully saturated rings. The van der Waals surface area contributed by atoms with E-state index in [4.69, 9.17) is 16.3 Å². The summed E-state index contributed by atoms with van der Waals surface area (Å²) in [5, 5.41) is 2.81. The van der Waals surface area contributed by atoms with Gasteiger partial charge < -0.3 is 14.8 Å². The normalized spacial score (nSPS) is 12.2. The lowest BCUT2D eigenvalue weighted by Gasteiger charge is -2.21. The third-order valence-electron chi connectivity index (χ3n) is 2.97. The van der Waals surface area contributed by atoms with E-state index < -0.39 is 29.5 Å². The van der Waals surface area contributed by atoms with Gasteiger partial charge in [-0.15, -0.1) is 0 Å². The predicted octanol–water partition coefficient (Wildman–Crippen LogP) is 2.73. The molecule has 0 heterocycles. The lowest BCUT2D eigenvalue weighted by atomic mass is 10.1. The van der Waals surface area contributed by atoms with Crippen LogP contribution in [0.25, 0.3) is 0 Å². The van der Waals surface area contributed by atoms with E-state index in [0.29, 0.717) is 0 Å². The largest absolute Gasteiger partial charge is 0.467 e. The summed E-state index contributed by atoms with van der Waals surface area (Å²) in [6, 6.07) is 5.50. The summed E-state index contributed by atoms with van der Waals surface area (Å²) < 4.78 is 9.86. The third kappa shape index (κ3) is 6.58. The molecule has 0 saturated heterocycles. The van der Waals surface area contributed by atoms with Gasteiger partial charge in [0.05, 0.1) is 17.7 Å². The van der Waals surface area contributed by atoms with E-state index in [-0.39, 0.29) is 23.4 Å². The number of hydrogen-bond acceptors (Lipinski definition) is 5. The highest BCUT2D eigenvalue weighted by Gasteiger charge is 2.25. The number of carbonyl (C=O) groups is 3. The number of hydrogen-bond donors (Lipinski definition) is 1. The molecule has 132 valence electrons. The first-order valence-electron chi connectivity index (χ1n) is 7.49. The molecule has 1 aromatic carbocycles. The van der Waals surface area contributed by atoms with E-state index in [9.17, 15) is 14.4 Å². The number of ether oxygens (including phenoxy) is 2. The summed E-state index contributed by atoms with van der Waals surface area (Å²) >= 11 is 5.97. The Morgan fingerprint density at radius 2 is 1.83 bits per heavy atom. The molecule has 0 aliphatic heterocycles. The van der Waals surface area contributed by atoms with Gasteiger partial charge in [0, 0.05) is 6.42 Å². The average molecular weight is 356 g/mol. The molecule has 1 amide bonds. The summed E-state index contributed by atoms with van der Waals surface area (Å²) in [6.07, 6.45) is 0.0393. The van der Waals surface area contributed by atoms with E-state index in [1.54, 1.807) is 45.0 Å². The van der Waals surface area contributed by atoms with Gasteiger partial charge in [0.25, 0.3) is 5.91 Å². The van der Waals surface area contributed by atoms with Crippen molar-refractivity contribution in [2.24, 2.45) is 0 Å². The molecule has 0 aliphatic carbocycles. The molecule has 0 spiro atoms. The number of benzene rings is 1. The number of methoxy groups -OCH3 is 1.